The van der Waals surface area contributed by atoms with Gasteiger partial charge in [-0.1, -0.05) is 11.6 Å². The van der Waals surface area contributed by atoms with Crippen LogP contribution >= 0.6 is 11.6 Å². The van der Waals surface area contributed by atoms with Crippen molar-refractivity contribution in [1.29, 1.82) is 0 Å². The van der Waals surface area contributed by atoms with Crippen LogP contribution in [0.3, 0.4) is 0 Å². The zero-order chi connectivity index (χ0) is 14.4. The Bertz CT molecular complexity index is 487. The summed E-state index contributed by atoms with van der Waals surface area (Å²) < 4.78 is 0. The van der Waals surface area contributed by atoms with E-state index in [1.165, 1.54) is 24.3 Å². The normalized spacial score (nSPS) is 11.6. The SMILES string of the molecule is NC(=O)CC[C@H](NC(=O)c1ccc(Cl)cc1)C(=O)O. The molecule has 2 amide bonds. The number of halogens is 1. The van der Waals surface area contributed by atoms with E-state index in [1.54, 1.807) is 0 Å². The molecule has 0 fully saturated rings. The highest BCUT2D eigenvalue weighted by molar-refractivity contribution is 6.30. The number of amides is 2. The summed E-state index contributed by atoms with van der Waals surface area (Å²) in [4.78, 5) is 33.3. The van der Waals surface area contributed by atoms with Gasteiger partial charge in [0.1, 0.15) is 6.04 Å². The van der Waals surface area contributed by atoms with Gasteiger partial charge in [0, 0.05) is 17.0 Å². The molecule has 1 rings (SSSR count). The Balaban J connectivity index is 2.68. The number of carboxylic acid groups (broad SMARTS) is 1. The Morgan fingerprint density at radius 2 is 1.84 bits per heavy atom. The Labute approximate surface area is 114 Å². The molecule has 102 valence electrons. The predicted molar refractivity (Wildman–Crippen MR) is 68.8 cm³/mol. The van der Waals surface area contributed by atoms with Gasteiger partial charge >= 0.3 is 5.97 Å². The molecule has 0 aliphatic carbocycles. The highest BCUT2D eigenvalue weighted by Crippen LogP contribution is 2.10. The molecule has 1 aromatic carbocycles. The minimum absolute atomic E-state index is 0.0516. The summed E-state index contributed by atoms with van der Waals surface area (Å²) in [5, 5.41) is 11.7. The van der Waals surface area contributed by atoms with Crippen LogP contribution in [0, 0.1) is 0 Å². The van der Waals surface area contributed by atoms with E-state index >= 15 is 0 Å². The third-order valence-electron chi connectivity index (χ3n) is 2.39. The van der Waals surface area contributed by atoms with Crippen LogP contribution in [0.2, 0.25) is 5.02 Å². The second-order valence-corrected chi connectivity index (χ2v) is 4.31. The van der Waals surface area contributed by atoms with Gasteiger partial charge in [-0.05, 0) is 30.7 Å². The van der Waals surface area contributed by atoms with E-state index in [1.807, 2.05) is 0 Å². The molecule has 6 nitrogen and oxygen atoms in total. The fourth-order valence-corrected chi connectivity index (χ4v) is 1.51. The second-order valence-electron chi connectivity index (χ2n) is 3.88. The minimum Gasteiger partial charge on any atom is -0.480 e. The second kappa shape index (κ2) is 6.75. The quantitative estimate of drug-likeness (QED) is 0.717. The number of hydrogen-bond acceptors (Lipinski definition) is 3. The molecular formula is C12H13ClN2O4. The van der Waals surface area contributed by atoms with Crippen molar-refractivity contribution in [3.63, 3.8) is 0 Å². The first-order valence-corrected chi connectivity index (χ1v) is 5.85. The van der Waals surface area contributed by atoms with Gasteiger partial charge in [0.05, 0.1) is 0 Å². The van der Waals surface area contributed by atoms with E-state index in [2.05, 4.69) is 5.32 Å². The van der Waals surface area contributed by atoms with Gasteiger partial charge in [-0.15, -0.1) is 0 Å². The van der Waals surface area contributed by atoms with Crippen molar-refractivity contribution < 1.29 is 19.5 Å². The molecule has 0 aliphatic rings. The standard InChI is InChI=1S/C12H13ClN2O4/c13-8-3-1-7(2-4-8)11(17)15-9(12(18)19)5-6-10(14)16/h1-4,9H,5-6H2,(H2,14,16)(H,15,17)(H,18,19)/t9-/m0/s1. The number of carboxylic acids is 1. The van der Waals surface area contributed by atoms with E-state index in [4.69, 9.17) is 22.4 Å². The first-order chi connectivity index (χ1) is 8.90. The van der Waals surface area contributed by atoms with Crippen LogP contribution in [0.15, 0.2) is 24.3 Å². The average Bonchev–Trinajstić information content (AvgIpc) is 2.34. The highest BCUT2D eigenvalue weighted by atomic mass is 35.5. The fraction of sp³-hybridized carbons (Fsp3) is 0.250. The van der Waals surface area contributed by atoms with Crippen molar-refractivity contribution >= 4 is 29.4 Å². The van der Waals surface area contributed by atoms with Crippen molar-refractivity contribution in [3.8, 4) is 0 Å². The fourth-order valence-electron chi connectivity index (χ4n) is 1.39. The van der Waals surface area contributed by atoms with E-state index in [0.29, 0.717) is 5.02 Å². The number of carbonyl (C=O) groups excluding carboxylic acids is 2. The lowest BCUT2D eigenvalue weighted by atomic mass is 10.1. The monoisotopic (exact) mass is 284 g/mol. The highest BCUT2D eigenvalue weighted by Gasteiger charge is 2.21. The largest absolute Gasteiger partial charge is 0.480 e. The lowest BCUT2D eigenvalue weighted by Gasteiger charge is -2.13. The summed E-state index contributed by atoms with van der Waals surface area (Å²) >= 11 is 5.68. The molecule has 0 spiro atoms. The number of carbonyl (C=O) groups is 3. The molecule has 7 heteroatoms. The number of nitrogens with two attached hydrogens (primary N) is 1. The van der Waals surface area contributed by atoms with Crippen molar-refractivity contribution in [3.05, 3.63) is 34.9 Å². The lowest BCUT2D eigenvalue weighted by molar-refractivity contribution is -0.139. The number of hydrogen-bond donors (Lipinski definition) is 3. The maximum atomic E-state index is 11.8. The molecular weight excluding hydrogens is 272 g/mol. The Hall–Kier alpha value is -2.08. The van der Waals surface area contributed by atoms with Crippen LogP contribution in [-0.2, 0) is 9.59 Å². The molecule has 1 atom stereocenters. The maximum absolute atomic E-state index is 11.8. The number of benzene rings is 1. The molecule has 0 heterocycles. The molecule has 0 unspecified atom stereocenters. The Morgan fingerprint density at radius 3 is 2.32 bits per heavy atom. The van der Waals surface area contributed by atoms with E-state index in [-0.39, 0.29) is 18.4 Å². The third kappa shape index (κ3) is 4.97. The van der Waals surface area contributed by atoms with Crippen molar-refractivity contribution in [2.75, 3.05) is 0 Å². The van der Waals surface area contributed by atoms with Crippen LogP contribution in [0.5, 0.6) is 0 Å². The summed E-state index contributed by atoms with van der Waals surface area (Å²) in [6, 6.07) is 4.84. The molecule has 0 aliphatic heterocycles. The molecule has 0 saturated carbocycles. The minimum atomic E-state index is -1.22. The molecule has 0 saturated heterocycles. The maximum Gasteiger partial charge on any atom is 0.326 e. The zero-order valence-corrected chi connectivity index (χ0v) is 10.7. The zero-order valence-electron chi connectivity index (χ0n) is 9.93. The topological polar surface area (TPSA) is 109 Å². The number of primary amides is 1. The first kappa shape index (κ1) is 15.0. The van der Waals surface area contributed by atoms with Gasteiger partial charge in [0.25, 0.3) is 5.91 Å². The van der Waals surface area contributed by atoms with Crippen molar-refractivity contribution in [1.82, 2.24) is 5.32 Å². The number of rotatable bonds is 6. The molecule has 19 heavy (non-hydrogen) atoms. The molecule has 1 aromatic rings. The third-order valence-corrected chi connectivity index (χ3v) is 2.64. The first-order valence-electron chi connectivity index (χ1n) is 5.47. The van der Waals surface area contributed by atoms with Crippen LogP contribution in [0.1, 0.15) is 23.2 Å². The smallest absolute Gasteiger partial charge is 0.326 e. The van der Waals surface area contributed by atoms with Crippen LogP contribution in [-0.4, -0.2) is 28.9 Å². The van der Waals surface area contributed by atoms with Gasteiger partial charge in [-0.25, -0.2) is 4.79 Å². The predicted octanol–water partition coefficient (Wildman–Crippen LogP) is 0.788. The van der Waals surface area contributed by atoms with Crippen LogP contribution in [0.25, 0.3) is 0 Å². The van der Waals surface area contributed by atoms with Gasteiger partial charge in [-0.3, -0.25) is 9.59 Å². The molecule has 0 radical (unpaired) electrons. The van der Waals surface area contributed by atoms with E-state index < -0.39 is 23.8 Å². The van der Waals surface area contributed by atoms with E-state index in [0.717, 1.165) is 0 Å². The average molecular weight is 285 g/mol. The molecule has 0 aromatic heterocycles. The van der Waals surface area contributed by atoms with Gasteiger partial charge in [0.2, 0.25) is 5.91 Å². The summed E-state index contributed by atoms with van der Waals surface area (Å²) in [7, 11) is 0. The number of aliphatic carboxylic acids is 1. The molecule has 4 N–H and O–H groups in total. The Morgan fingerprint density at radius 1 is 1.26 bits per heavy atom. The summed E-state index contributed by atoms with van der Waals surface area (Å²) in [6.45, 7) is 0. The summed E-state index contributed by atoms with van der Waals surface area (Å²) in [5.41, 5.74) is 5.23. The van der Waals surface area contributed by atoms with Crippen LogP contribution in [0.4, 0.5) is 0 Å². The summed E-state index contributed by atoms with van der Waals surface area (Å²) in [5.74, 6) is -2.39. The molecule has 0 bridgehead atoms. The summed E-state index contributed by atoms with van der Waals surface area (Å²) in [6.07, 6.45) is -0.165. The number of nitrogens with one attached hydrogen (secondary N) is 1. The van der Waals surface area contributed by atoms with Crippen molar-refractivity contribution in [2.45, 2.75) is 18.9 Å². The van der Waals surface area contributed by atoms with Gasteiger partial charge in [-0.2, -0.15) is 0 Å². The lowest BCUT2D eigenvalue weighted by Crippen LogP contribution is -2.41. The van der Waals surface area contributed by atoms with Crippen molar-refractivity contribution in [2.24, 2.45) is 5.73 Å². The Kier molecular flexibility index (Phi) is 5.32. The van der Waals surface area contributed by atoms with Gasteiger partial charge < -0.3 is 16.2 Å². The van der Waals surface area contributed by atoms with Crippen LogP contribution < -0.4 is 11.1 Å². The van der Waals surface area contributed by atoms with E-state index in [9.17, 15) is 14.4 Å². The van der Waals surface area contributed by atoms with Gasteiger partial charge in [0.15, 0.2) is 0 Å².